The van der Waals surface area contributed by atoms with Gasteiger partial charge in [-0.3, -0.25) is 0 Å². The topological polar surface area (TPSA) is 52.1 Å². The maximum atomic E-state index is 6.30. The van der Waals surface area contributed by atoms with Crippen molar-refractivity contribution in [2.24, 2.45) is 0 Å². The Bertz CT molecular complexity index is 1590. The largest absolute Gasteiger partial charge is 0.455 e. The van der Waals surface area contributed by atoms with Gasteiger partial charge in [-0.1, -0.05) is 42.0 Å². The van der Waals surface area contributed by atoms with Gasteiger partial charge in [0.1, 0.15) is 11.2 Å². The van der Waals surface area contributed by atoms with E-state index in [9.17, 15) is 0 Å². The van der Waals surface area contributed by atoms with Crippen molar-refractivity contribution < 1.29 is 8.83 Å². The third-order valence-electron chi connectivity index (χ3n) is 5.74. The summed E-state index contributed by atoms with van der Waals surface area (Å²) in [5.74, 6) is 1.01. The Labute approximate surface area is 185 Å². The van der Waals surface area contributed by atoms with E-state index in [0.717, 1.165) is 44.2 Å². The van der Waals surface area contributed by atoms with Crippen LogP contribution in [0.5, 0.6) is 0 Å². The van der Waals surface area contributed by atoms with Crippen LogP contribution in [0.3, 0.4) is 0 Å². The van der Waals surface area contributed by atoms with Crippen molar-refractivity contribution in [3.05, 3.63) is 96.1 Å². The summed E-state index contributed by atoms with van der Waals surface area (Å²) >= 11 is 0. The van der Waals surface area contributed by atoms with Gasteiger partial charge < -0.3 is 8.83 Å². The van der Waals surface area contributed by atoms with Crippen LogP contribution in [0.2, 0.25) is 0 Å². The zero-order chi connectivity index (χ0) is 21.7. The van der Waals surface area contributed by atoms with Crippen LogP contribution in [0.25, 0.3) is 56.0 Å². The second-order valence-corrected chi connectivity index (χ2v) is 8.15. The Hall–Kier alpha value is -4.18. The number of hydrogen-bond acceptors (Lipinski definition) is 4. The van der Waals surface area contributed by atoms with Crippen molar-refractivity contribution in [2.75, 3.05) is 0 Å². The van der Waals surface area contributed by atoms with Crippen LogP contribution in [0.15, 0.2) is 93.8 Å². The molecule has 0 aliphatic rings. The van der Waals surface area contributed by atoms with E-state index < -0.39 is 0 Å². The standard InChI is InChI=1S/C28H20N2O2/c1-17-11-12-25-23(13-17)24-15-18(2)14-22(26(24)31-25)20-9-6-10-21(16-20)28-30-29-27(32-28)19-7-4-3-5-8-19/h3-16H,1-2H3. The Morgan fingerprint density at radius 2 is 1.28 bits per heavy atom. The van der Waals surface area contributed by atoms with Crippen molar-refractivity contribution >= 4 is 21.9 Å². The SMILES string of the molecule is Cc1ccc2oc3c(-c4cccc(-c5nnc(-c6ccccc6)o5)c4)cc(C)cc3c2c1. The highest BCUT2D eigenvalue weighted by atomic mass is 16.4. The van der Waals surface area contributed by atoms with E-state index in [2.05, 4.69) is 60.4 Å². The lowest BCUT2D eigenvalue weighted by Gasteiger charge is -2.06. The summed E-state index contributed by atoms with van der Waals surface area (Å²) in [6.45, 7) is 4.22. The van der Waals surface area contributed by atoms with E-state index in [1.54, 1.807) is 0 Å². The summed E-state index contributed by atoms with van der Waals surface area (Å²) in [6.07, 6.45) is 0. The quantitative estimate of drug-likeness (QED) is 0.298. The minimum atomic E-state index is 0.495. The van der Waals surface area contributed by atoms with E-state index in [4.69, 9.17) is 8.83 Å². The first-order chi connectivity index (χ1) is 15.7. The summed E-state index contributed by atoms with van der Waals surface area (Å²) < 4.78 is 12.3. The van der Waals surface area contributed by atoms with Crippen LogP contribution in [-0.4, -0.2) is 10.2 Å². The molecule has 0 aliphatic heterocycles. The van der Waals surface area contributed by atoms with Gasteiger partial charge in [0.25, 0.3) is 0 Å². The molecule has 0 spiro atoms. The first-order valence-corrected chi connectivity index (χ1v) is 10.6. The molecule has 0 bridgehead atoms. The maximum absolute atomic E-state index is 6.30. The van der Waals surface area contributed by atoms with Gasteiger partial charge in [0, 0.05) is 27.5 Å². The Kier molecular flexibility index (Phi) is 4.18. The molecule has 4 aromatic carbocycles. The molecule has 0 fully saturated rings. The number of aromatic nitrogens is 2. The van der Waals surface area contributed by atoms with Gasteiger partial charge in [0.05, 0.1) is 0 Å². The van der Waals surface area contributed by atoms with Gasteiger partial charge >= 0.3 is 0 Å². The monoisotopic (exact) mass is 416 g/mol. The average Bonchev–Trinajstić information content (AvgIpc) is 3.45. The molecule has 0 amide bonds. The molecule has 32 heavy (non-hydrogen) atoms. The summed E-state index contributed by atoms with van der Waals surface area (Å²) in [5.41, 5.74) is 8.08. The van der Waals surface area contributed by atoms with E-state index in [-0.39, 0.29) is 0 Å². The molecule has 0 saturated heterocycles. The van der Waals surface area contributed by atoms with Gasteiger partial charge in [-0.15, -0.1) is 10.2 Å². The fraction of sp³-hybridized carbons (Fsp3) is 0.0714. The predicted octanol–water partition coefficient (Wildman–Crippen LogP) is 7.59. The molecule has 4 heteroatoms. The third kappa shape index (κ3) is 3.08. The molecule has 0 unspecified atom stereocenters. The van der Waals surface area contributed by atoms with Crippen molar-refractivity contribution in [3.8, 4) is 34.0 Å². The van der Waals surface area contributed by atoms with Crippen molar-refractivity contribution in [1.82, 2.24) is 10.2 Å². The first kappa shape index (κ1) is 18.6. The lowest BCUT2D eigenvalue weighted by molar-refractivity contribution is 0.584. The van der Waals surface area contributed by atoms with Gasteiger partial charge in [-0.25, -0.2) is 0 Å². The molecular weight excluding hydrogens is 396 g/mol. The highest BCUT2D eigenvalue weighted by Crippen LogP contribution is 2.38. The maximum Gasteiger partial charge on any atom is 0.248 e. The smallest absolute Gasteiger partial charge is 0.248 e. The second kappa shape index (κ2) is 7.20. The molecule has 0 aliphatic carbocycles. The summed E-state index contributed by atoms with van der Waals surface area (Å²) in [5, 5.41) is 10.8. The third-order valence-corrected chi connectivity index (χ3v) is 5.74. The van der Waals surface area contributed by atoms with Gasteiger partial charge in [0.15, 0.2) is 0 Å². The molecule has 0 N–H and O–H groups in total. The fourth-order valence-corrected chi connectivity index (χ4v) is 4.21. The minimum absolute atomic E-state index is 0.495. The average molecular weight is 416 g/mol. The summed E-state index contributed by atoms with van der Waals surface area (Å²) in [7, 11) is 0. The predicted molar refractivity (Wildman–Crippen MR) is 127 cm³/mol. The van der Waals surface area contributed by atoms with Crippen LogP contribution in [0.4, 0.5) is 0 Å². The van der Waals surface area contributed by atoms with E-state index in [1.807, 2.05) is 48.5 Å². The van der Waals surface area contributed by atoms with Gasteiger partial charge in [-0.2, -0.15) is 0 Å². The molecule has 6 rings (SSSR count). The number of nitrogens with zero attached hydrogens (tertiary/aromatic N) is 2. The number of hydrogen-bond donors (Lipinski definition) is 0. The van der Waals surface area contributed by atoms with E-state index in [0.29, 0.717) is 11.8 Å². The number of furan rings is 1. The van der Waals surface area contributed by atoms with Crippen LogP contribution in [0, 0.1) is 13.8 Å². The normalized spacial score (nSPS) is 11.4. The summed E-state index contributed by atoms with van der Waals surface area (Å²) in [4.78, 5) is 0. The van der Waals surface area contributed by atoms with Crippen LogP contribution < -0.4 is 0 Å². The lowest BCUT2D eigenvalue weighted by atomic mass is 9.98. The number of aryl methyl sites for hydroxylation is 2. The zero-order valence-electron chi connectivity index (χ0n) is 17.8. The van der Waals surface area contributed by atoms with Gasteiger partial charge in [-0.05, 0) is 73.5 Å². The number of rotatable bonds is 3. The molecule has 0 radical (unpaired) electrons. The van der Waals surface area contributed by atoms with Crippen LogP contribution in [0.1, 0.15) is 11.1 Å². The van der Waals surface area contributed by atoms with Gasteiger partial charge in [0.2, 0.25) is 11.8 Å². The first-order valence-electron chi connectivity index (χ1n) is 10.6. The molecule has 4 nitrogen and oxygen atoms in total. The molecule has 2 heterocycles. The molecular formula is C28H20N2O2. The highest BCUT2D eigenvalue weighted by Gasteiger charge is 2.16. The molecule has 154 valence electrons. The van der Waals surface area contributed by atoms with E-state index in [1.165, 1.54) is 11.1 Å². The van der Waals surface area contributed by atoms with Crippen molar-refractivity contribution in [2.45, 2.75) is 13.8 Å². The zero-order valence-corrected chi connectivity index (χ0v) is 17.8. The number of benzene rings is 4. The Morgan fingerprint density at radius 3 is 2.12 bits per heavy atom. The molecule has 0 saturated carbocycles. The van der Waals surface area contributed by atoms with E-state index >= 15 is 0 Å². The highest BCUT2D eigenvalue weighted by molar-refractivity contribution is 6.10. The molecule has 6 aromatic rings. The van der Waals surface area contributed by atoms with Crippen molar-refractivity contribution in [1.29, 1.82) is 0 Å². The Balaban J connectivity index is 1.49. The molecule has 2 aromatic heterocycles. The fourth-order valence-electron chi connectivity index (χ4n) is 4.21. The van der Waals surface area contributed by atoms with Crippen molar-refractivity contribution in [3.63, 3.8) is 0 Å². The minimum Gasteiger partial charge on any atom is -0.455 e. The Morgan fingerprint density at radius 1 is 0.562 bits per heavy atom. The lowest BCUT2D eigenvalue weighted by Crippen LogP contribution is -1.84. The van der Waals surface area contributed by atoms with Crippen LogP contribution in [-0.2, 0) is 0 Å². The van der Waals surface area contributed by atoms with Crippen LogP contribution >= 0.6 is 0 Å². The molecule has 0 atom stereocenters. The number of fused-ring (bicyclic) bond motifs is 3. The second-order valence-electron chi connectivity index (χ2n) is 8.15. The summed E-state index contributed by atoms with van der Waals surface area (Å²) in [6, 6.07) is 28.6.